The van der Waals surface area contributed by atoms with Crippen molar-refractivity contribution in [3.8, 4) is 11.5 Å². The van der Waals surface area contributed by atoms with Crippen molar-refractivity contribution in [2.75, 3.05) is 19.0 Å². The van der Waals surface area contributed by atoms with Crippen molar-refractivity contribution in [2.45, 2.75) is 13.0 Å². The minimum Gasteiger partial charge on any atom is -0.449 e. The van der Waals surface area contributed by atoms with E-state index in [0.29, 0.717) is 11.6 Å². The zero-order chi connectivity index (χ0) is 20.3. The SMILES string of the molecule is C[C@@H](OC(=O)c1ccc(N(C)C)c([N+](=O)[O-])c1)c1nnc(-c2ccccc2)o1. The minimum absolute atomic E-state index is 0.0620. The number of carbonyl (C=O) groups excluding carboxylic acids is 1. The highest BCUT2D eigenvalue weighted by molar-refractivity contribution is 5.91. The second-order valence-electron chi connectivity index (χ2n) is 6.21. The summed E-state index contributed by atoms with van der Waals surface area (Å²) < 4.78 is 10.9. The standard InChI is InChI=1S/C19H18N4O5/c1-12(17-20-21-18(28-17)13-7-5-4-6-8-13)27-19(24)14-9-10-15(22(2)3)16(11-14)23(25)26/h4-12H,1-3H3/t12-/m1/s1. The monoisotopic (exact) mass is 382 g/mol. The lowest BCUT2D eigenvalue weighted by Crippen LogP contribution is -2.13. The fourth-order valence-electron chi connectivity index (χ4n) is 2.55. The highest BCUT2D eigenvalue weighted by Gasteiger charge is 2.23. The summed E-state index contributed by atoms with van der Waals surface area (Å²) in [6.07, 6.45) is -0.815. The lowest BCUT2D eigenvalue weighted by Gasteiger charge is -2.14. The number of carbonyl (C=O) groups is 1. The third-order valence-corrected chi connectivity index (χ3v) is 3.98. The van der Waals surface area contributed by atoms with Gasteiger partial charge in [-0.3, -0.25) is 10.1 Å². The van der Waals surface area contributed by atoms with Crippen molar-refractivity contribution in [3.05, 3.63) is 70.1 Å². The zero-order valence-corrected chi connectivity index (χ0v) is 15.5. The van der Waals surface area contributed by atoms with Gasteiger partial charge in [-0.15, -0.1) is 10.2 Å². The predicted molar refractivity (Wildman–Crippen MR) is 101 cm³/mol. The molecule has 0 aliphatic heterocycles. The van der Waals surface area contributed by atoms with Gasteiger partial charge in [0.2, 0.25) is 5.89 Å². The fourth-order valence-corrected chi connectivity index (χ4v) is 2.55. The van der Waals surface area contributed by atoms with Gasteiger partial charge in [-0.1, -0.05) is 18.2 Å². The average Bonchev–Trinajstić information content (AvgIpc) is 3.18. The van der Waals surface area contributed by atoms with E-state index in [1.54, 1.807) is 25.9 Å². The normalized spacial score (nSPS) is 11.7. The fraction of sp³-hybridized carbons (Fsp3) is 0.211. The maximum Gasteiger partial charge on any atom is 0.339 e. The molecule has 1 heterocycles. The molecule has 2 aromatic carbocycles. The van der Waals surface area contributed by atoms with Crippen molar-refractivity contribution in [1.29, 1.82) is 0 Å². The minimum atomic E-state index is -0.815. The summed E-state index contributed by atoms with van der Waals surface area (Å²) in [4.78, 5) is 24.7. The lowest BCUT2D eigenvalue weighted by molar-refractivity contribution is -0.384. The molecular formula is C19H18N4O5. The van der Waals surface area contributed by atoms with Gasteiger partial charge >= 0.3 is 5.97 Å². The Hall–Kier alpha value is -3.75. The number of aromatic nitrogens is 2. The average molecular weight is 382 g/mol. The molecule has 0 saturated heterocycles. The number of benzene rings is 2. The van der Waals surface area contributed by atoms with Crippen molar-refractivity contribution in [2.24, 2.45) is 0 Å². The van der Waals surface area contributed by atoms with Crippen LogP contribution >= 0.6 is 0 Å². The lowest BCUT2D eigenvalue weighted by atomic mass is 10.1. The molecule has 9 nitrogen and oxygen atoms in total. The summed E-state index contributed by atoms with van der Waals surface area (Å²) in [7, 11) is 3.37. The Balaban J connectivity index is 1.77. The molecule has 1 aromatic heterocycles. The Bertz CT molecular complexity index is 1000. The van der Waals surface area contributed by atoms with Crippen LogP contribution in [-0.2, 0) is 4.74 Å². The number of esters is 1. The van der Waals surface area contributed by atoms with Gasteiger partial charge in [-0.25, -0.2) is 4.79 Å². The summed E-state index contributed by atoms with van der Waals surface area (Å²) in [5, 5.41) is 19.1. The molecule has 144 valence electrons. The van der Waals surface area contributed by atoms with Crippen molar-refractivity contribution in [3.63, 3.8) is 0 Å². The molecule has 1 atom stereocenters. The van der Waals surface area contributed by atoms with E-state index >= 15 is 0 Å². The summed E-state index contributed by atoms with van der Waals surface area (Å²) in [6, 6.07) is 13.3. The van der Waals surface area contributed by atoms with Crippen molar-refractivity contribution in [1.82, 2.24) is 10.2 Å². The van der Waals surface area contributed by atoms with E-state index in [4.69, 9.17) is 9.15 Å². The zero-order valence-electron chi connectivity index (χ0n) is 15.5. The molecule has 9 heteroatoms. The van der Waals surface area contributed by atoms with Crippen LogP contribution in [0.4, 0.5) is 11.4 Å². The van der Waals surface area contributed by atoms with E-state index in [1.807, 2.05) is 30.3 Å². The first kappa shape index (κ1) is 19.0. The predicted octanol–water partition coefficient (Wildman–Crippen LogP) is 3.63. The Kier molecular flexibility index (Phi) is 5.35. The second-order valence-corrected chi connectivity index (χ2v) is 6.21. The molecule has 0 radical (unpaired) electrons. The first-order valence-corrected chi connectivity index (χ1v) is 8.42. The highest BCUT2D eigenvalue weighted by Crippen LogP contribution is 2.29. The first-order valence-electron chi connectivity index (χ1n) is 8.42. The third-order valence-electron chi connectivity index (χ3n) is 3.98. The van der Waals surface area contributed by atoms with Gasteiger partial charge in [0, 0.05) is 25.7 Å². The number of nitro groups is 1. The Morgan fingerprint density at radius 2 is 1.89 bits per heavy atom. The summed E-state index contributed by atoms with van der Waals surface area (Å²) in [6.45, 7) is 1.59. The number of nitrogens with zero attached hydrogens (tertiary/aromatic N) is 4. The summed E-state index contributed by atoms with van der Waals surface area (Å²) >= 11 is 0. The molecule has 0 aliphatic rings. The Morgan fingerprint density at radius 1 is 1.18 bits per heavy atom. The van der Waals surface area contributed by atoms with Crippen molar-refractivity contribution < 1.29 is 18.9 Å². The van der Waals surface area contributed by atoms with E-state index in [9.17, 15) is 14.9 Å². The second kappa shape index (κ2) is 7.87. The molecule has 0 saturated carbocycles. The number of anilines is 1. The van der Waals surface area contributed by atoms with Crippen LogP contribution in [0.5, 0.6) is 0 Å². The number of ether oxygens (including phenoxy) is 1. The van der Waals surface area contributed by atoms with Gasteiger partial charge in [0.25, 0.3) is 11.6 Å². The summed E-state index contributed by atoms with van der Waals surface area (Å²) in [5.41, 5.74) is 1.01. The molecule has 0 bridgehead atoms. The molecule has 0 aliphatic carbocycles. The molecule has 0 N–H and O–H groups in total. The molecule has 3 aromatic rings. The van der Waals surface area contributed by atoms with Crippen LogP contribution in [-0.4, -0.2) is 35.2 Å². The van der Waals surface area contributed by atoms with E-state index < -0.39 is 17.0 Å². The van der Waals surface area contributed by atoms with E-state index in [2.05, 4.69) is 10.2 Å². The molecule has 0 amide bonds. The summed E-state index contributed by atoms with van der Waals surface area (Å²) in [5.74, 6) is -0.281. The largest absolute Gasteiger partial charge is 0.449 e. The molecule has 0 unspecified atom stereocenters. The van der Waals surface area contributed by atoms with Gasteiger partial charge in [-0.05, 0) is 31.2 Å². The van der Waals surface area contributed by atoms with Crippen LogP contribution in [0.25, 0.3) is 11.5 Å². The van der Waals surface area contributed by atoms with E-state index in [-0.39, 0.29) is 17.1 Å². The molecule has 0 fully saturated rings. The quantitative estimate of drug-likeness (QED) is 0.361. The molecule has 0 spiro atoms. The number of hydrogen-bond donors (Lipinski definition) is 0. The van der Waals surface area contributed by atoms with Crippen LogP contribution in [0.2, 0.25) is 0 Å². The van der Waals surface area contributed by atoms with Crippen LogP contribution in [0.1, 0.15) is 29.3 Å². The van der Waals surface area contributed by atoms with Gasteiger partial charge in [0.05, 0.1) is 10.5 Å². The van der Waals surface area contributed by atoms with Gasteiger partial charge < -0.3 is 14.1 Å². The Labute approximate surface area is 160 Å². The molecular weight excluding hydrogens is 364 g/mol. The maximum absolute atomic E-state index is 12.4. The third kappa shape index (κ3) is 3.98. The van der Waals surface area contributed by atoms with E-state index in [0.717, 1.165) is 5.56 Å². The maximum atomic E-state index is 12.4. The molecule has 28 heavy (non-hydrogen) atoms. The smallest absolute Gasteiger partial charge is 0.339 e. The van der Waals surface area contributed by atoms with E-state index in [1.165, 1.54) is 18.2 Å². The number of hydrogen-bond acceptors (Lipinski definition) is 8. The molecule has 3 rings (SSSR count). The van der Waals surface area contributed by atoms with Gasteiger partial charge in [-0.2, -0.15) is 0 Å². The van der Waals surface area contributed by atoms with Crippen LogP contribution < -0.4 is 4.90 Å². The number of nitro benzene ring substituents is 1. The first-order chi connectivity index (χ1) is 13.4. The highest BCUT2D eigenvalue weighted by atomic mass is 16.6. The Morgan fingerprint density at radius 3 is 2.54 bits per heavy atom. The topological polar surface area (TPSA) is 112 Å². The van der Waals surface area contributed by atoms with Gasteiger partial charge in [0.1, 0.15) is 5.69 Å². The van der Waals surface area contributed by atoms with Crippen LogP contribution in [0, 0.1) is 10.1 Å². The van der Waals surface area contributed by atoms with Crippen LogP contribution in [0.15, 0.2) is 52.9 Å². The number of rotatable bonds is 6. The van der Waals surface area contributed by atoms with Crippen molar-refractivity contribution >= 4 is 17.3 Å². The van der Waals surface area contributed by atoms with Gasteiger partial charge in [0.15, 0.2) is 6.10 Å². The van der Waals surface area contributed by atoms with Crippen LogP contribution in [0.3, 0.4) is 0 Å².